The Kier molecular flexibility index (Phi) is 12.4. The Labute approximate surface area is 271 Å². The molecule has 0 aliphatic carbocycles. The average Bonchev–Trinajstić information content (AvgIpc) is 3.05. The Morgan fingerprint density at radius 2 is 1.37 bits per heavy atom. The van der Waals surface area contributed by atoms with Crippen LogP contribution in [0, 0.1) is 5.82 Å². The van der Waals surface area contributed by atoms with E-state index in [1.54, 1.807) is 7.11 Å². The van der Waals surface area contributed by atoms with Gasteiger partial charge < -0.3 is 18.9 Å². The van der Waals surface area contributed by atoms with Crippen molar-refractivity contribution in [3.63, 3.8) is 0 Å². The lowest BCUT2D eigenvalue weighted by Crippen LogP contribution is -2.33. The molecule has 4 rings (SSSR count). The van der Waals surface area contributed by atoms with Crippen molar-refractivity contribution in [1.29, 1.82) is 0 Å². The standard InChI is InChI=1S/C37H42FNO6Si/c1-27(29-8-10-30(11-9-29)31-12-18-33(41-2)19-13-31)39-44-23-22-42-34-16-6-28(7-17-34)26-36(37(40)43-24-25-46(3,4)5)45-35-20-14-32(38)15-21-35/h6-21,36,39H,1,22-26H2,2-5H3. The number of ether oxygens (including phenoxy) is 4. The highest BCUT2D eigenvalue weighted by Gasteiger charge is 2.24. The van der Waals surface area contributed by atoms with Gasteiger partial charge in [0.15, 0.2) is 6.10 Å². The van der Waals surface area contributed by atoms with Gasteiger partial charge >= 0.3 is 5.97 Å². The third-order valence-electron chi connectivity index (χ3n) is 7.10. The van der Waals surface area contributed by atoms with Crippen LogP contribution in [0.4, 0.5) is 4.39 Å². The maximum atomic E-state index is 13.4. The zero-order chi connectivity index (χ0) is 32.9. The summed E-state index contributed by atoms with van der Waals surface area (Å²) in [6.07, 6.45) is -0.579. The van der Waals surface area contributed by atoms with Gasteiger partial charge in [-0.1, -0.05) is 74.8 Å². The molecule has 9 heteroatoms. The summed E-state index contributed by atoms with van der Waals surface area (Å²) >= 11 is 0. The molecular formula is C37H42FNO6Si. The smallest absolute Gasteiger partial charge is 0.347 e. The Morgan fingerprint density at radius 1 is 0.783 bits per heavy atom. The summed E-state index contributed by atoms with van der Waals surface area (Å²) in [7, 11) is 0.285. The molecule has 1 N–H and O–H groups in total. The number of carbonyl (C=O) groups excluding carboxylic acids is 1. The number of carbonyl (C=O) groups is 1. The lowest BCUT2D eigenvalue weighted by atomic mass is 10.0. The molecule has 1 atom stereocenters. The molecule has 46 heavy (non-hydrogen) atoms. The van der Waals surface area contributed by atoms with Crippen molar-refractivity contribution in [3.05, 3.63) is 121 Å². The van der Waals surface area contributed by atoms with Crippen LogP contribution in [-0.4, -0.2) is 47.1 Å². The van der Waals surface area contributed by atoms with Gasteiger partial charge in [0.05, 0.1) is 19.4 Å². The topological polar surface area (TPSA) is 75.2 Å². The van der Waals surface area contributed by atoms with E-state index in [4.69, 9.17) is 23.8 Å². The summed E-state index contributed by atoms with van der Waals surface area (Å²) in [5.41, 5.74) is 7.49. The maximum Gasteiger partial charge on any atom is 0.347 e. The molecular weight excluding hydrogens is 601 g/mol. The Hall–Kier alpha value is -4.60. The van der Waals surface area contributed by atoms with Crippen LogP contribution in [0.2, 0.25) is 25.7 Å². The maximum absolute atomic E-state index is 13.4. The summed E-state index contributed by atoms with van der Waals surface area (Å²) in [5.74, 6) is 1.06. The van der Waals surface area contributed by atoms with E-state index in [0.717, 1.165) is 34.0 Å². The van der Waals surface area contributed by atoms with Crippen LogP contribution in [-0.2, 0) is 20.8 Å². The van der Waals surface area contributed by atoms with Gasteiger partial charge in [-0.25, -0.2) is 9.18 Å². The van der Waals surface area contributed by atoms with Crippen LogP contribution >= 0.6 is 0 Å². The number of nitrogens with one attached hydrogen (secondary N) is 1. The van der Waals surface area contributed by atoms with Gasteiger partial charge in [0.1, 0.15) is 36.3 Å². The van der Waals surface area contributed by atoms with E-state index in [2.05, 4.69) is 31.7 Å². The van der Waals surface area contributed by atoms with Crippen molar-refractivity contribution in [2.75, 3.05) is 26.9 Å². The molecule has 0 radical (unpaired) electrons. The van der Waals surface area contributed by atoms with Crippen LogP contribution in [0.3, 0.4) is 0 Å². The SMILES string of the molecule is C=C(NOCCOc1ccc(CC(Oc2ccc(F)cc2)C(=O)OCC[Si](C)(C)C)cc1)c1ccc(-c2ccc(OC)cc2)cc1. The van der Waals surface area contributed by atoms with Crippen molar-refractivity contribution in [2.24, 2.45) is 0 Å². The first kappa shape index (κ1) is 34.3. The molecule has 4 aromatic rings. The molecule has 4 aromatic carbocycles. The number of rotatable bonds is 17. The fraction of sp³-hybridized carbons (Fsp3) is 0.270. The highest BCUT2D eigenvalue weighted by molar-refractivity contribution is 6.76. The molecule has 7 nitrogen and oxygen atoms in total. The zero-order valence-corrected chi connectivity index (χ0v) is 27.9. The van der Waals surface area contributed by atoms with Gasteiger partial charge in [0, 0.05) is 14.5 Å². The predicted octanol–water partition coefficient (Wildman–Crippen LogP) is 7.94. The lowest BCUT2D eigenvalue weighted by Gasteiger charge is -2.20. The minimum atomic E-state index is -1.37. The summed E-state index contributed by atoms with van der Waals surface area (Å²) < 4.78 is 35.9. The Morgan fingerprint density at radius 3 is 1.98 bits per heavy atom. The second-order valence-corrected chi connectivity index (χ2v) is 17.6. The monoisotopic (exact) mass is 643 g/mol. The summed E-state index contributed by atoms with van der Waals surface area (Å²) in [6.45, 7) is 11.7. The molecule has 0 heterocycles. The predicted molar refractivity (Wildman–Crippen MR) is 182 cm³/mol. The van der Waals surface area contributed by atoms with E-state index in [1.165, 1.54) is 24.3 Å². The first-order valence-electron chi connectivity index (χ1n) is 15.2. The van der Waals surface area contributed by atoms with Gasteiger partial charge in [-0.15, -0.1) is 0 Å². The Balaban J connectivity index is 1.22. The number of hydrogen-bond acceptors (Lipinski definition) is 7. The van der Waals surface area contributed by atoms with Gasteiger partial charge in [-0.05, 0) is 76.8 Å². The number of esters is 1. The third kappa shape index (κ3) is 11.1. The van der Waals surface area contributed by atoms with Crippen molar-refractivity contribution in [3.8, 4) is 28.4 Å². The number of halogens is 1. The lowest BCUT2D eigenvalue weighted by molar-refractivity contribution is -0.151. The Bertz CT molecular complexity index is 1540. The molecule has 0 bridgehead atoms. The molecule has 0 aliphatic rings. The molecule has 0 spiro atoms. The number of hydrogen-bond donors (Lipinski definition) is 1. The van der Waals surface area contributed by atoms with E-state index in [1.807, 2.05) is 72.8 Å². The molecule has 0 aliphatic heterocycles. The van der Waals surface area contributed by atoms with Crippen molar-refractivity contribution in [1.82, 2.24) is 5.48 Å². The van der Waals surface area contributed by atoms with Gasteiger partial charge in [-0.3, -0.25) is 10.3 Å². The van der Waals surface area contributed by atoms with Gasteiger partial charge in [0.25, 0.3) is 0 Å². The zero-order valence-electron chi connectivity index (χ0n) is 26.9. The second kappa shape index (κ2) is 16.6. The van der Waals surface area contributed by atoms with Crippen molar-refractivity contribution in [2.45, 2.75) is 38.2 Å². The van der Waals surface area contributed by atoms with Gasteiger partial charge in [-0.2, -0.15) is 0 Å². The van der Waals surface area contributed by atoms with Crippen LogP contribution in [0.25, 0.3) is 16.8 Å². The van der Waals surface area contributed by atoms with Crippen LogP contribution in [0.15, 0.2) is 104 Å². The first-order chi connectivity index (χ1) is 22.1. The van der Waals surface area contributed by atoms with Crippen LogP contribution in [0.1, 0.15) is 11.1 Å². The van der Waals surface area contributed by atoms with Crippen LogP contribution < -0.4 is 19.7 Å². The second-order valence-electron chi connectivity index (χ2n) is 12.0. The largest absolute Gasteiger partial charge is 0.497 e. The fourth-order valence-electron chi connectivity index (χ4n) is 4.38. The van der Waals surface area contributed by atoms with Crippen molar-refractivity contribution < 1.29 is 33.0 Å². The third-order valence-corrected chi connectivity index (χ3v) is 8.81. The highest BCUT2D eigenvalue weighted by atomic mass is 28.3. The number of hydroxylamine groups is 1. The molecule has 0 fully saturated rings. The van der Waals surface area contributed by atoms with E-state index >= 15 is 0 Å². The van der Waals surface area contributed by atoms with Crippen LogP contribution in [0.5, 0.6) is 17.2 Å². The molecule has 242 valence electrons. The minimum Gasteiger partial charge on any atom is -0.497 e. The quantitative estimate of drug-likeness (QED) is 0.0542. The molecule has 0 amide bonds. The molecule has 0 saturated heterocycles. The summed E-state index contributed by atoms with van der Waals surface area (Å²) in [5, 5.41) is 0. The van der Waals surface area contributed by atoms with E-state index in [9.17, 15) is 9.18 Å². The van der Waals surface area contributed by atoms with Crippen molar-refractivity contribution >= 4 is 19.7 Å². The summed E-state index contributed by atoms with van der Waals surface area (Å²) in [6, 6.07) is 29.8. The summed E-state index contributed by atoms with van der Waals surface area (Å²) in [4.78, 5) is 18.5. The highest BCUT2D eigenvalue weighted by Crippen LogP contribution is 2.24. The number of methoxy groups -OCH3 is 1. The molecule has 0 aromatic heterocycles. The molecule has 1 unspecified atom stereocenters. The first-order valence-corrected chi connectivity index (χ1v) is 18.9. The van der Waals surface area contributed by atoms with E-state index in [-0.39, 0.29) is 5.82 Å². The van der Waals surface area contributed by atoms with E-state index in [0.29, 0.717) is 43.4 Å². The minimum absolute atomic E-state index is 0.291. The van der Waals surface area contributed by atoms with E-state index < -0.39 is 20.1 Å². The normalized spacial score (nSPS) is 11.8. The molecule has 0 saturated carbocycles. The average molecular weight is 644 g/mol. The number of benzene rings is 4. The fourth-order valence-corrected chi connectivity index (χ4v) is 5.10. The van der Waals surface area contributed by atoms with Gasteiger partial charge in [0.2, 0.25) is 0 Å².